The Labute approximate surface area is 132 Å². The summed E-state index contributed by atoms with van der Waals surface area (Å²) in [7, 11) is -3.67. The minimum Gasteiger partial charge on any atom is -0.419 e. The van der Waals surface area contributed by atoms with Gasteiger partial charge < -0.3 is 4.42 Å². The predicted octanol–water partition coefficient (Wildman–Crippen LogP) is 2.35. The van der Waals surface area contributed by atoms with E-state index >= 15 is 0 Å². The molecule has 0 aliphatic heterocycles. The van der Waals surface area contributed by atoms with Gasteiger partial charge in [-0.2, -0.15) is 0 Å². The first-order chi connectivity index (χ1) is 11.1. The Morgan fingerprint density at radius 2 is 1.70 bits per heavy atom. The highest BCUT2D eigenvalue weighted by Gasteiger charge is 2.16. The van der Waals surface area contributed by atoms with Crippen molar-refractivity contribution in [3.05, 3.63) is 66.3 Å². The number of hydrogen-bond acceptors (Lipinski definition) is 5. The van der Waals surface area contributed by atoms with Gasteiger partial charge in [-0.15, -0.1) is 10.2 Å². The summed E-state index contributed by atoms with van der Waals surface area (Å²) in [6.07, 6.45) is 0. The molecule has 0 radical (unpaired) electrons. The van der Waals surface area contributed by atoms with Crippen LogP contribution in [0.15, 0.2) is 63.9 Å². The number of aromatic nitrogens is 2. The van der Waals surface area contributed by atoms with Crippen molar-refractivity contribution in [1.82, 2.24) is 14.9 Å². The number of sulfonamides is 1. The van der Waals surface area contributed by atoms with Crippen LogP contribution in [0.4, 0.5) is 4.39 Å². The van der Waals surface area contributed by atoms with Gasteiger partial charge in [0, 0.05) is 0 Å². The van der Waals surface area contributed by atoms with Crippen molar-refractivity contribution in [3.63, 3.8) is 0 Å². The average Bonchev–Trinajstić information content (AvgIpc) is 3.03. The molecule has 8 heteroatoms. The van der Waals surface area contributed by atoms with Crippen molar-refractivity contribution < 1.29 is 17.2 Å². The van der Waals surface area contributed by atoms with Crippen LogP contribution in [0.25, 0.3) is 11.5 Å². The molecule has 118 valence electrons. The van der Waals surface area contributed by atoms with E-state index in [1.807, 2.05) is 0 Å². The molecule has 0 atom stereocenters. The molecule has 0 amide bonds. The number of nitrogens with one attached hydrogen (secondary N) is 1. The predicted molar refractivity (Wildman–Crippen MR) is 80.2 cm³/mol. The first-order valence-electron chi connectivity index (χ1n) is 6.68. The van der Waals surface area contributed by atoms with Crippen LogP contribution in [0, 0.1) is 5.82 Å². The molecule has 0 unspecified atom stereocenters. The highest BCUT2D eigenvalue weighted by atomic mass is 32.2. The minimum atomic E-state index is -3.67. The maximum atomic E-state index is 13.6. The second-order valence-corrected chi connectivity index (χ2v) is 6.39. The van der Waals surface area contributed by atoms with Gasteiger partial charge >= 0.3 is 0 Å². The van der Waals surface area contributed by atoms with Gasteiger partial charge in [0.2, 0.25) is 15.9 Å². The smallest absolute Gasteiger partial charge is 0.250 e. The van der Waals surface area contributed by atoms with Crippen LogP contribution in [0.2, 0.25) is 0 Å². The van der Waals surface area contributed by atoms with Gasteiger partial charge in [-0.3, -0.25) is 0 Å². The number of nitrogens with zero attached hydrogens (tertiary/aromatic N) is 2. The molecule has 0 saturated heterocycles. The lowest BCUT2D eigenvalue weighted by Gasteiger charge is -2.03. The fourth-order valence-corrected chi connectivity index (χ4v) is 2.90. The Balaban J connectivity index is 1.74. The summed E-state index contributed by atoms with van der Waals surface area (Å²) in [5.41, 5.74) is 0.164. The van der Waals surface area contributed by atoms with E-state index in [0.717, 1.165) is 0 Å². The molecular formula is C15H12FN3O3S. The molecule has 1 heterocycles. The topological polar surface area (TPSA) is 85.1 Å². The van der Waals surface area contributed by atoms with Crippen molar-refractivity contribution in [2.24, 2.45) is 0 Å². The lowest BCUT2D eigenvalue weighted by molar-refractivity contribution is 0.491. The Hall–Kier alpha value is -2.58. The maximum absolute atomic E-state index is 13.6. The molecule has 0 aliphatic carbocycles. The van der Waals surface area contributed by atoms with E-state index in [-0.39, 0.29) is 28.8 Å². The Morgan fingerprint density at radius 1 is 1.00 bits per heavy atom. The highest BCUT2D eigenvalue weighted by Crippen LogP contribution is 2.21. The first kappa shape index (κ1) is 15.3. The molecule has 0 aliphatic rings. The van der Waals surface area contributed by atoms with E-state index in [4.69, 9.17) is 4.42 Å². The lowest BCUT2D eigenvalue weighted by Crippen LogP contribution is -2.23. The summed E-state index contributed by atoms with van der Waals surface area (Å²) in [5, 5.41) is 7.45. The number of benzene rings is 2. The van der Waals surface area contributed by atoms with Crippen molar-refractivity contribution >= 4 is 10.0 Å². The van der Waals surface area contributed by atoms with Gasteiger partial charge in [-0.25, -0.2) is 17.5 Å². The third kappa shape index (κ3) is 3.43. The summed E-state index contributed by atoms with van der Waals surface area (Å²) in [5.74, 6) is -0.452. The largest absolute Gasteiger partial charge is 0.419 e. The average molecular weight is 333 g/mol. The normalized spacial score (nSPS) is 11.5. The van der Waals surface area contributed by atoms with Gasteiger partial charge in [-0.05, 0) is 24.3 Å². The summed E-state index contributed by atoms with van der Waals surface area (Å²) < 4.78 is 45.4. The SMILES string of the molecule is O=S(=O)(NCc1nnc(-c2ccccc2F)o1)c1ccccc1. The van der Waals surface area contributed by atoms with E-state index in [2.05, 4.69) is 14.9 Å². The van der Waals surface area contributed by atoms with E-state index < -0.39 is 15.8 Å². The molecule has 23 heavy (non-hydrogen) atoms. The lowest BCUT2D eigenvalue weighted by atomic mass is 10.2. The maximum Gasteiger partial charge on any atom is 0.250 e. The number of rotatable bonds is 5. The van der Waals surface area contributed by atoms with Crippen LogP contribution in [0.3, 0.4) is 0 Å². The summed E-state index contributed by atoms with van der Waals surface area (Å²) in [6.45, 7) is -0.182. The fraction of sp³-hybridized carbons (Fsp3) is 0.0667. The summed E-state index contributed by atoms with van der Waals surface area (Å²) in [4.78, 5) is 0.133. The molecule has 3 aromatic rings. The standard InChI is InChI=1S/C15H12FN3O3S/c16-13-9-5-4-8-12(13)15-19-18-14(22-15)10-17-23(20,21)11-6-2-1-3-7-11/h1-9,17H,10H2. The third-order valence-corrected chi connectivity index (χ3v) is 4.46. The summed E-state index contributed by atoms with van der Waals surface area (Å²) in [6, 6.07) is 13.9. The van der Waals surface area contributed by atoms with Crippen LogP contribution in [0.1, 0.15) is 5.89 Å². The zero-order valence-electron chi connectivity index (χ0n) is 11.8. The molecule has 0 saturated carbocycles. The van der Waals surface area contributed by atoms with Gasteiger partial charge in [0.25, 0.3) is 5.89 Å². The Kier molecular flexibility index (Phi) is 4.18. The van der Waals surface area contributed by atoms with Crippen molar-refractivity contribution in [2.75, 3.05) is 0 Å². The molecular weight excluding hydrogens is 321 g/mol. The Bertz CT molecular complexity index is 910. The zero-order chi connectivity index (χ0) is 16.3. The van der Waals surface area contributed by atoms with E-state index in [1.165, 1.54) is 24.3 Å². The fourth-order valence-electron chi connectivity index (χ4n) is 1.91. The van der Waals surface area contributed by atoms with Crippen molar-refractivity contribution in [3.8, 4) is 11.5 Å². The minimum absolute atomic E-state index is 0.00277. The first-order valence-corrected chi connectivity index (χ1v) is 8.16. The number of hydrogen-bond donors (Lipinski definition) is 1. The van der Waals surface area contributed by atoms with E-state index in [1.54, 1.807) is 30.3 Å². The second-order valence-electron chi connectivity index (χ2n) is 4.62. The molecule has 0 spiro atoms. The van der Waals surface area contributed by atoms with Crippen LogP contribution in [0.5, 0.6) is 0 Å². The zero-order valence-corrected chi connectivity index (χ0v) is 12.6. The molecule has 3 rings (SSSR count). The van der Waals surface area contributed by atoms with Gasteiger partial charge in [-0.1, -0.05) is 30.3 Å². The molecule has 1 aromatic heterocycles. The van der Waals surface area contributed by atoms with Crippen LogP contribution in [-0.2, 0) is 16.6 Å². The van der Waals surface area contributed by atoms with Crippen LogP contribution >= 0.6 is 0 Å². The molecule has 0 fully saturated rings. The van der Waals surface area contributed by atoms with Gasteiger partial charge in [0.05, 0.1) is 17.0 Å². The van der Waals surface area contributed by atoms with Crippen LogP contribution < -0.4 is 4.72 Å². The monoisotopic (exact) mass is 333 g/mol. The molecule has 0 bridgehead atoms. The quantitative estimate of drug-likeness (QED) is 0.775. The highest BCUT2D eigenvalue weighted by molar-refractivity contribution is 7.89. The van der Waals surface area contributed by atoms with Crippen molar-refractivity contribution in [2.45, 2.75) is 11.4 Å². The molecule has 1 N–H and O–H groups in total. The molecule has 6 nitrogen and oxygen atoms in total. The second kappa shape index (κ2) is 6.27. The van der Waals surface area contributed by atoms with Gasteiger partial charge in [0.15, 0.2) is 0 Å². The van der Waals surface area contributed by atoms with Crippen molar-refractivity contribution in [1.29, 1.82) is 0 Å². The van der Waals surface area contributed by atoms with Gasteiger partial charge in [0.1, 0.15) is 5.82 Å². The molecule has 2 aromatic carbocycles. The Morgan fingerprint density at radius 3 is 2.43 bits per heavy atom. The van der Waals surface area contributed by atoms with Crippen LogP contribution in [-0.4, -0.2) is 18.6 Å². The number of halogens is 1. The van der Waals surface area contributed by atoms with E-state index in [0.29, 0.717) is 0 Å². The third-order valence-electron chi connectivity index (χ3n) is 3.04. The van der Waals surface area contributed by atoms with E-state index in [9.17, 15) is 12.8 Å². The summed E-state index contributed by atoms with van der Waals surface area (Å²) >= 11 is 0.